The summed E-state index contributed by atoms with van der Waals surface area (Å²) in [7, 11) is 3.96. The van der Waals surface area contributed by atoms with Gasteiger partial charge in [0.25, 0.3) is 0 Å². The molecule has 1 atom stereocenters. The normalized spacial score (nSPS) is 19.0. The van der Waals surface area contributed by atoms with Crippen LogP contribution in [0.4, 0.5) is 4.79 Å². The molecule has 0 bridgehead atoms. The van der Waals surface area contributed by atoms with Crippen LogP contribution < -0.4 is 5.32 Å². The summed E-state index contributed by atoms with van der Waals surface area (Å²) in [6.45, 7) is 5.47. The predicted octanol–water partition coefficient (Wildman–Crippen LogP) is 0.223. The smallest absolute Gasteiger partial charge is 0.318 e. The molecule has 0 spiro atoms. The molecule has 1 N–H and O–H groups in total. The van der Waals surface area contributed by atoms with Gasteiger partial charge in [0.1, 0.15) is 6.33 Å². The minimum absolute atomic E-state index is 0.0224. The molecule has 7 nitrogen and oxygen atoms in total. The molecular formula is C12H22N6O. The zero-order chi connectivity index (χ0) is 13.8. The number of nitrogens with zero attached hydrogens (tertiary/aromatic N) is 5. The molecule has 0 unspecified atom stereocenters. The Balaban J connectivity index is 1.91. The number of urea groups is 1. The van der Waals surface area contributed by atoms with Crippen molar-refractivity contribution in [3.05, 3.63) is 12.2 Å². The van der Waals surface area contributed by atoms with Crippen molar-refractivity contribution in [1.29, 1.82) is 0 Å². The van der Waals surface area contributed by atoms with Crippen molar-refractivity contribution in [3.63, 3.8) is 0 Å². The van der Waals surface area contributed by atoms with Crippen molar-refractivity contribution in [2.45, 2.75) is 19.4 Å². The van der Waals surface area contributed by atoms with Crippen LogP contribution in [0.2, 0.25) is 0 Å². The van der Waals surface area contributed by atoms with Crippen LogP contribution in [0.1, 0.15) is 25.2 Å². The van der Waals surface area contributed by atoms with Crippen LogP contribution in [0, 0.1) is 0 Å². The van der Waals surface area contributed by atoms with Gasteiger partial charge in [-0.1, -0.05) is 0 Å². The molecule has 1 aromatic heterocycles. The van der Waals surface area contributed by atoms with Crippen molar-refractivity contribution in [1.82, 2.24) is 29.9 Å². The highest BCUT2D eigenvalue weighted by atomic mass is 16.2. The molecule has 1 fully saturated rings. The highest BCUT2D eigenvalue weighted by molar-refractivity contribution is 5.74. The van der Waals surface area contributed by atoms with Gasteiger partial charge >= 0.3 is 6.03 Å². The summed E-state index contributed by atoms with van der Waals surface area (Å²) >= 11 is 0. The Hall–Kier alpha value is -1.63. The Morgan fingerprint density at radius 1 is 1.32 bits per heavy atom. The molecular weight excluding hydrogens is 244 g/mol. The third kappa shape index (κ3) is 3.44. The number of aryl methyl sites for hydroxylation is 1. The van der Waals surface area contributed by atoms with Crippen molar-refractivity contribution >= 4 is 6.03 Å². The van der Waals surface area contributed by atoms with Crippen molar-refractivity contribution in [3.8, 4) is 0 Å². The van der Waals surface area contributed by atoms with Gasteiger partial charge in [-0.15, -0.1) is 10.2 Å². The number of carbonyl (C=O) groups excluding carboxylic acids is 1. The number of aromatic nitrogens is 3. The number of hydrogen-bond donors (Lipinski definition) is 1. The van der Waals surface area contributed by atoms with E-state index in [1.54, 1.807) is 6.33 Å². The summed E-state index contributed by atoms with van der Waals surface area (Å²) in [6.07, 6.45) is 2.65. The lowest BCUT2D eigenvalue weighted by atomic mass is 10.3. The van der Waals surface area contributed by atoms with Crippen molar-refractivity contribution in [2.75, 3.05) is 33.2 Å². The number of carbonyl (C=O) groups is 1. The minimum Gasteiger partial charge on any atom is -0.328 e. The standard InChI is InChI=1S/C12H22N6O/c1-10(11-15-13-9-17(11)3)14-12(19)18-6-4-5-16(2)7-8-18/h9-10H,4-8H2,1-3H3,(H,14,19)/t10-/m0/s1. The van der Waals surface area contributed by atoms with Gasteiger partial charge in [0.05, 0.1) is 6.04 Å². The van der Waals surface area contributed by atoms with Crippen LogP contribution in [-0.4, -0.2) is 63.8 Å². The molecule has 0 aliphatic carbocycles. The molecule has 2 amide bonds. The lowest BCUT2D eigenvalue weighted by Crippen LogP contribution is -2.43. The van der Waals surface area contributed by atoms with E-state index in [4.69, 9.17) is 0 Å². The summed E-state index contributed by atoms with van der Waals surface area (Å²) < 4.78 is 1.82. The molecule has 0 radical (unpaired) electrons. The van der Waals surface area contributed by atoms with Crippen LogP contribution in [0.15, 0.2) is 6.33 Å². The SMILES string of the molecule is C[C@H](NC(=O)N1CCCN(C)CC1)c1nncn1C. The number of rotatable bonds is 2. The van der Waals surface area contributed by atoms with E-state index in [1.165, 1.54) is 0 Å². The first-order valence-electron chi connectivity index (χ1n) is 6.66. The lowest BCUT2D eigenvalue weighted by Gasteiger charge is -2.23. The van der Waals surface area contributed by atoms with E-state index >= 15 is 0 Å². The molecule has 0 saturated carbocycles. The Bertz CT molecular complexity index is 432. The first-order chi connectivity index (χ1) is 9.08. The molecule has 7 heteroatoms. The largest absolute Gasteiger partial charge is 0.328 e. The van der Waals surface area contributed by atoms with E-state index in [1.807, 2.05) is 23.4 Å². The average Bonchev–Trinajstić information content (AvgIpc) is 2.67. The van der Waals surface area contributed by atoms with E-state index in [0.29, 0.717) is 0 Å². The summed E-state index contributed by atoms with van der Waals surface area (Å²) in [5.41, 5.74) is 0. The Labute approximate surface area is 113 Å². The van der Waals surface area contributed by atoms with Crippen LogP contribution in [0.3, 0.4) is 0 Å². The molecule has 1 aliphatic rings. The van der Waals surface area contributed by atoms with Gasteiger partial charge in [-0.05, 0) is 26.9 Å². The summed E-state index contributed by atoms with van der Waals surface area (Å²) in [4.78, 5) is 16.3. The predicted molar refractivity (Wildman–Crippen MR) is 71.6 cm³/mol. The monoisotopic (exact) mass is 266 g/mol. The Morgan fingerprint density at radius 2 is 2.11 bits per heavy atom. The van der Waals surface area contributed by atoms with Crippen molar-refractivity contribution in [2.24, 2.45) is 7.05 Å². The van der Waals surface area contributed by atoms with Gasteiger partial charge in [0, 0.05) is 26.7 Å². The van der Waals surface area contributed by atoms with Gasteiger partial charge in [-0.2, -0.15) is 0 Å². The first-order valence-corrected chi connectivity index (χ1v) is 6.66. The highest BCUT2D eigenvalue weighted by Gasteiger charge is 2.20. The second kappa shape index (κ2) is 6.01. The Morgan fingerprint density at radius 3 is 2.79 bits per heavy atom. The average molecular weight is 266 g/mol. The molecule has 1 aromatic rings. The topological polar surface area (TPSA) is 66.3 Å². The molecule has 19 heavy (non-hydrogen) atoms. The fourth-order valence-corrected chi connectivity index (χ4v) is 2.27. The molecule has 1 aliphatic heterocycles. The molecule has 0 aromatic carbocycles. The summed E-state index contributed by atoms with van der Waals surface area (Å²) in [5.74, 6) is 0.764. The number of amides is 2. The fourth-order valence-electron chi connectivity index (χ4n) is 2.27. The second-order valence-corrected chi connectivity index (χ2v) is 5.12. The maximum Gasteiger partial charge on any atom is 0.318 e. The first kappa shape index (κ1) is 13.8. The maximum absolute atomic E-state index is 12.2. The van der Waals surface area contributed by atoms with E-state index < -0.39 is 0 Å². The van der Waals surface area contributed by atoms with Gasteiger partial charge in [0.2, 0.25) is 0 Å². The van der Waals surface area contributed by atoms with E-state index in [2.05, 4.69) is 27.5 Å². The molecule has 2 heterocycles. The fraction of sp³-hybridized carbons (Fsp3) is 0.750. The van der Waals surface area contributed by atoms with E-state index in [-0.39, 0.29) is 12.1 Å². The summed E-state index contributed by atoms with van der Waals surface area (Å²) in [5, 5.41) is 10.8. The third-order valence-corrected chi connectivity index (χ3v) is 3.48. The van der Waals surface area contributed by atoms with Gasteiger partial charge in [-0.3, -0.25) is 0 Å². The third-order valence-electron chi connectivity index (χ3n) is 3.48. The van der Waals surface area contributed by atoms with Crippen LogP contribution in [-0.2, 0) is 7.05 Å². The zero-order valence-corrected chi connectivity index (χ0v) is 11.8. The maximum atomic E-state index is 12.2. The van der Waals surface area contributed by atoms with Crippen LogP contribution in [0.5, 0.6) is 0 Å². The second-order valence-electron chi connectivity index (χ2n) is 5.12. The van der Waals surface area contributed by atoms with Gasteiger partial charge in [-0.25, -0.2) is 4.79 Å². The minimum atomic E-state index is -0.138. The number of hydrogen-bond acceptors (Lipinski definition) is 4. The van der Waals surface area contributed by atoms with E-state index in [9.17, 15) is 4.79 Å². The lowest BCUT2D eigenvalue weighted by molar-refractivity contribution is 0.195. The van der Waals surface area contributed by atoms with Crippen LogP contribution >= 0.6 is 0 Å². The molecule has 1 saturated heterocycles. The summed E-state index contributed by atoms with van der Waals surface area (Å²) in [6, 6.07) is -0.160. The zero-order valence-electron chi connectivity index (χ0n) is 11.8. The van der Waals surface area contributed by atoms with Crippen LogP contribution in [0.25, 0.3) is 0 Å². The molecule has 2 rings (SSSR count). The van der Waals surface area contributed by atoms with Gasteiger partial charge < -0.3 is 19.7 Å². The van der Waals surface area contributed by atoms with Crippen molar-refractivity contribution < 1.29 is 4.79 Å². The highest BCUT2D eigenvalue weighted by Crippen LogP contribution is 2.09. The number of nitrogens with one attached hydrogen (secondary N) is 1. The van der Waals surface area contributed by atoms with Gasteiger partial charge in [0.15, 0.2) is 5.82 Å². The number of likely N-dealkylation sites (N-methyl/N-ethyl adjacent to an activating group) is 1. The van der Waals surface area contributed by atoms with E-state index in [0.717, 1.165) is 38.4 Å². The molecule has 106 valence electrons. The Kier molecular flexibility index (Phi) is 4.36. The quantitative estimate of drug-likeness (QED) is 0.832.